The highest BCUT2D eigenvalue weighted by molar-refractivity contribution is 7.09. The van der Waals surface area contributed by atoms with E-state index in [1.54, 1.807) is 4.90 Å². The lowest BCUT2D eigenvalue weighted by atomic mass is 10.0. The zero-order valence-electron chi connectivity index (χ0n) is 19.1. The average Bonchev–Trinajstić information content (AvgIpc) is 3.17. The molecule has 0 unspecified atom stereocenters. The Kier molecular flexibility index (Phi) is 7.04. The van der Waals surface area contributed by atoms with Crippen LogP contribution in [-0.2, 0) is 11.3 Å². The molecule has 1 saturated heterocycles. The van der Waals surface area contributed by atoms with E-state index in [-0.39, 0.29) is 12.0 Å². The molecule has 0 bridgehead atoms. The van der Waals surface area contributed by atoms with Gasteiger partial charge in [0, 0.05) is 29.1 Å². The van der Waals surface area contributed by atoms with Crippen molar-refractivity contribution in [3.8, 4) is 22.6 Å². The number of aryl methyl sites for hydroxylation is 1. The molecule has 1 fully saturated rings. The van der Waals surface area contributed by atoms with Crippen molar-refractivity contribution in [3.63, 3.8) is 0 Å². The summed E-state index contributed by atoms with van der Waals surface area (Å²) in [5.74, 6) is 1.26. The van der Waals surface area contributed by atoms with Gasteiger partial charge in [-0.15, -0.1) is 11.3 Å². The molecule has 0 N–H and O–H groups in total. The Balaban J connectivity index is 1.47. The zero-order valence-corrected chi connectivity index (χ0v) is 20.7. The number of nitrogens with zero attached hydrogens (tertiary/aromatic N) is 2. The number of ether oxygens (including phenoxy) is 3. The Bertz CT molecular complexity index is 1180. The number of fused-ring (bicyclic) bond motifs is 1. The van der Waals surface area contributed by atoms with Crippen molar-refractivity contribution in [1.82, 2.24) is 9.88 Å². The first-order valence-electron chi connectivity index (χ1n) is 11.6. The molecule has 3 heterocycles. The molecule has 2 aromatic carbocycles. The Hall–Kier alpha value is -2.61. The number of hydrogen-bond acceptors (Lipinski definition) is 6. The minimum Gasteiger partial charge on any atom is -0.487 e. The van der Waals surface area contributed by atoms with Crippen molar-refractivity contribution in [2.75, 3.05) is 26.4 Å². The number of carbonyl (C=O) groups excluding carboxylic acids is 1. The van der Waals surface area contributed by atoms with Crippen LogP contribution in [0.3, 0.4) is 0 Å². The van der Waals surface area contributed by atoms with E-state index < -0.39 is 0 Å². The Morgan fingerprint density at radius 3 is 2.91 bits per heavy atom. The van der Waals surface area contributed by atoms with Gasteiger partial charge in [-0.1, -0.05) is 23.7 Å². The van der Waals surface area contributed by atoms with E-state index in [0.29, 0.717) is 48.5 Å². The highest BCUT2D eigenvalue weighted by Crippen LogP contribution is 2.39. The number of halogens is 1. The summed E-state index contributed by atoms with van der Waals surface area (Å²) >= 11 is 7.75. The van der Waals surface area contributed by atoms with Crippen molar-refractivity contribution < 1.29 is 19.0 Å². The Morgan fingerprint density at radius 2 is 2.15 bits per heavy atom. The van der Waals surface area contributed by atoms with Gasteiger partial charge in [0.1, 0.15) is 18.9 Å². The fourth-order valence-corrected chi connectivity index (χ4v) is 5.12. The van der Waals surface area contributed by atoms with Gasteiger partial charge in [-0.3, -0.25) is 4.79 Å². The molecule has 178 valence electrons. The third-order valence-electron chi connectivity index (χ3n) is 6.08. The predicted octanol–water partition coefficient (Wildman–Crippen LogP) is 5.75. The van der Waals surface area contributed by atoms with Crippen LogP contribution >= 0.6 is 22.9 Å². The van der Waals surface area contributed by atoms with E-state index in [1.165, 1.54) is 11.3 Å². The molecule has 0 aliphatic carbocycles. The number of amides is 1. The van der Waals surface area contributed by atoms with Crippen molar-refractivity contribution >= 4 is 28.8 Å². The van der Waals surface area contributed by atoms with Gasteiger partial charge in [-0.05, 0) is 61.6 Å². The van der Waals surface area contributed by atoms with Gasteiger partial charge >= 0.3 is 0 Å². The fourth-order valence-electron chi connectivity index (χ4n) is 4.34. The van der Waals surface area contributed by atoms with Gasteiger partial charge in [0.15, 0.2) is 11.5 Å². The second-order valence-corrected chi connectivity index (χ2v) is 10.1. The predicted molar refractivity (Wildman–Crippen MR) is 133 cm³/mol. The molecule has 1 atom stereocenters. The first-order valence-corrected chi connectivity index (χ1v) is 12.8. The third kappa shape index (κ3) is 5.22. The van der Waals surface area contributed by atoms with Crippen LogP contribution in [0.25, 0.3) is 11.1 Å². The van der Waals surface area contributed by atoms with E-state index in [0.717, 1.165) is 47.6 Å². The molecular formula is C26H27ClN2O4S. The number of thiazole rings is 1. The van der Waals surface area contributed by atoms with Gasteiger partial charge in [0.2, 0.25) is 0 Å². The van der Waals surface area contributed by atoms with Crippen LogP contribution in [0.1, 0.15) is 40.3 Å². The van der Waals surface area contributed by atoms with Crippen LogP contribution in [0.4, 0.5) is 0 Å². The molecule has 34 heavy (non-hydrogen) atoms. The Labute approximate surface area is 208 Å². The summed E-state index contributed by atoms with van der Waals surface area (Å²) < 4.78 is 18.3. The molecule has 3 aromatic rings. The summed E-state index contributed by atoms with van der Waals surface area (Å²) in [6, 6.07) is 11.8. The maximum absolute atomic E-state index is 13.1. The minimum atomic E-state index is -0.0907. The van der Waals surface area contributed by atoms with Crippen LogP contribution in [0.15, 0.2) is 41.8 Å². The smallest absolute Gasteiger partial charge is 0.273 e. The summed E-state index contributed by atoms with van der Waals surface area (Å²) in [6.07, 6.45) is 3.32. The van der Waals surface area contributed by atoms with E-state index in [9.17, 15) is 4.79 Å². The lowest BCUT2D eigenvalue weighted by molar-refractivity contribution is -0.0115. The lowest BCUT2D eigenvalue weighted by Gasteiger charge is -2.24. The first-order chi connectivity index (χ1) is 16.6. The number of rotatable bonds is 5. The van der Waals surface area contributed by atoms with Gasteiger partial charge in [0.25, 0.3) is 5.91 Å². The summed E-state index contributed by atoms with van der Waals surface area (Å²) in [5.41, 5.74) is 3.31. The lowest BCUT2D eigenvalue weighted by Crippen LogP contribution is -2.32. The molecule has 0 radical (unpaired) electrons. The van der Waals surface area contributed by atoms with E-state index >= 15 is 0 Å². The quantitative estimate of drug-likeness (QED) is 0.448. The summed E-state index contributed by atoms with van der Waals surface area (Å²) in [4.78, 5) is 19.3. The van der Waals surface area contributed by atoms with E-state index in [1.807, 2.05) is 42.6 Å². The molecule has 2 aliphatic heterocycles. The van der Waals surface area contributed by atoms with Crippen molar-refractivity contribution in [2.45, 2.75) is 38.8 Å². The second kappa shape index (κ2) is 10.3. The molecule has 6 nitrogen and oxygen atoms in total. The Morgan fingerprint density at radius 1 is 1.24 bits per heavy atom. The minimum absolute atomic E-state index is 0.0796. The molecule has 0 saturated carbocycles. The van der Waals surface area contributed by atoms with Crippen molar-refractivity contribution in [1.29, 1.82) is 0 Å². The largest absolute Gasteiger partial charge is 0.487 e. The van der Waals surface area contributed by atoms with Crippen LogP contribution < -0.4 is 9.47 Å². The SMILES string of the molecule is Cc1nc(C(=O)N2CCOc3c(cc(-c4cccc(Cl)c4)cc3OC[C@H]3CCCCO3)C2)cs1. The molecule has 5 rings (SSSR count). The molecule has 0 spiro atoms. The third-order valence-corrected chi connectivity index (χ3v) is 7.09. The molecular weight excluding hydrogens is 472 g/mol. The van der Waals surface area contributed by atoms with Gasteiger partial charge in [-0.2, -0.15) is 0 Å². The maximum Gasteiger partial charge on any atom is 0.273 e. The van der Waals surface area contributed by atoms with Crippen molar-refractivity contribution in [2.24, 2.45) is 0 Å². The molecule has 8 heteroatoms. The normalized spacial score (nSPS) is 18.1. The van der Waals surface area contributed by atoms with E-state index in [2.05, 4.69) is 11.1 Å². The number of benzene rings is 2. The monoisotopic (exact) mass is 498 g/mol. The highest BCUT2D eigenvalue weighted by Gasteiger charge is 2.26. The molecule has 1 amide bonds. The molecule has 2 aliphatic rings. The average molecular weight is 499 g/mol. The van der Waals surface area contributed by atoms with Crippen LogP contribution in [0.5, 0.6) is 11.5 Å². The van der Waals surface area contributed by atoms with Crippen LogP contribution in [0.2, 0.25) is 5.02 Å². The molecule has 1 aromatic heterocycles. The summed E-state index contributed by atoms with van der Waals surface area (Å²) in [7, 11) is 0. The van der Waals surface area contributed by atoms with E-state index in [4.69, 9.17) is 25.8 Å². The highest BCUT2D eigenvalue weighted by atomic mass is 35.5. The number of carbonyl (C=O) groups is 1. The second-order valence-electron chi connectivity index (χ2n) is 8.60. The maximum atomic E-state index is 13.1. The topological polar surface area (TPSA) is 60.9 Å². The first kappa shape index (κ1) is 23.1. The van der Waals surface area contributed by atoms with Gasteiger partial charge < -0.3 is 19.1 Å². The summed E-state index contributed by atoms with van der Waals surface area (Å²) in [5, 5.41) is 3.35. The van der Waals surface area contributed by atoms with Gasteiger partial charge in [-0.25, -0.2) is 4.98 Å². The zero-order chi connectivity index (χ0) is 23.5. The van der Waals surface area contributed by atoms with Crippen LogP contribution in [-0.4, -0.2) is 48.3 Å². The van der Waals surface area contributed by atoms with Gasteiger partial charge in [0.05, 0.1) is 17.7 Å². The number of aromatic nitrogens is 1. The van der Waals surface area contributed by atoms with Crippen LogP contribution in [0, 0.1) is 6.92 Å². The summed E-state index contributed by atoms with van der Waals surface area (Å²) in [6.45, 7) is 4.42. The fraction of sp³-hybridized carbons (Fsp3) is 0.385. The standard InChI is InChI=1S/C26H27ClN2O4S/c1-17-28-23(16-34-17)26(30)29-8-10-32-25-20(14-29)11-19(18-5-4-6-21(27)12-18)13-24(25)33-15-22-7-2-3-9-31-22/h4-6,11-13,16,22H,2-3,7-10,14-15H2,1H3/t22-/m1/s1. The number of hydrogen-bond donors (Lipinski definition) is 0. The van der Waals surface area contributed by atoms with Crippen molar-refractivity contribution in [3.05, 3.63) is 63.1 Å².